The van der Waals surface area contributed by atoms with Gasteiger partial charge in [0.25, 0.3) is 5.91 Å². The van der Waals surface area contributed by atoms with Crippen LogP contribution in [-0.2, 0) is 6.42 Å². The van der Waals surface area contributed by atoms with E-state index in [1.54, 1.807) is 19.1 Å². The summed E-state index contributed by atoms with van der Waals surface area (Å²) in [5.74, 6) is -0.170. The number of ether oxygens (including phenoxy) is 2. The summed E-state index contributed by atoms with van der Waals surface area (Å²) in [6.07, 6.45) is 0.879. The number of aromatic carboxylic acids is 1. The predicted octanol–water partition coefficient (Wildman–Crippen LogP) is 3.67. The van der Waals surface area contributed by atoms with Crippen molar-refractivity contribution in [1.82, 2.24) is 0 Å². The number of amides is 1. The summed E-state index contributed by atoms with van der Waals surface area (Å²) in [6, 6.07) is 8.17. The van der Waals surface area contributed by atoms with Crippen molar-refractivity contribution < 1.29 is 24.2 Å². The van der Waals surface area contributed by atoms with Gasteiger partial charge in [-0.1, -0.05) is 0 Å². The summed E-state index contributed by atoms with van der Waals surface area (Å²) in [6.45, 7) is 6.07. The van der Waals surface area contributed by atoms with Gasteiger partial charge in [-0.2, -0.15) is 0 Å². The maximum Gasteiger partial charge on any atom is 0.335 e. The van der Waals surface area contributed by atoms with Crippen molar-refractivity contribution >= 4 is 17.6 Å². The molecule has 2 aromatic carbocycles. The number of fused-ring (bicyclic) bond motifs is 1. The lowest BCUT2D eigenvalue weighted by Crippen LogP contribution is -2.14. The molecule has 1 unspecified atom stereocenters. The highest BCUT2D eigenvalue weighted by molar-refractivity contribution is 6.06. The van der Waals surface area contributed by atoms with Gasteiger partial charge < -0.3 is 19.9 Å². The van der Waals surface area contributed by atoms with Gasteiger partial charge in [-0.15, -0.1) is 0 Å². The highest BCUT2D eigenvalue weighted by atomic mass is 16.5. The Bertz CT molecular complexity index is 875. The monoisotopic (exact) mass is 355 g/mol. The van der Waals surface area contributed by atoms with E-state index in [2.05, 4.69) is 5.32 Å². The molecule has 1 aliphatic rings. The molecule has 2 aromatic rings. The van der Waals surface area contributed by atoms with Crippen molar-refractivity contribution in [2.75, 3.05) is 11.9 Å². The normalized spacial score (nSPS) is 15.1. The molecule has 1 amide bonds. The zero-order chi connectivity index (χ0) is 18.8. The number of carboxylic acids is 1. The van der Waals surface area contributed by atoms with Gasteiger partial charge in [0.2, 0.25) is 0 Å². The first-order valence-electron chi connectivity index (χ1n) is 8.50. The van der Waals surface area contributed by atoms with Crippen LogP contribution in [0.4, 0.5) is 5.69 Å². The maximum absolute atomic E-state index is 12.7. The van der Waals surface area contributed by atoms with E-state index in [9.17, 15) is 14.7 Å². The fourth-order valence-electron chi connectivity index (χ4n) is 3.04. The molecular weight excluding hydrogens is 334 g/mol. The van der Waals surface area contributed by atoms with Crippen molar-refractivity contribution in [3.8, 4) is 11.5 Å². The number of carbonyl (C=O) groups is 2. The minimum atomic E-state index is -1.07. The largest absolute Gasteiger partial charge is 0.492 e. The van der Waals surface area contributed by atoms with Gasteiger partial charge in [0, 0.05) is 23.6 Å². The molecule has 0 saturated heterocycles. The van der Waals surface area contributed by atoms with E-state index in [1.165, 1.54) is 12.1 Å². The minimum Gasteiger partial charge on any atom is -0.492 e. The molecule has 0 aromatic heterocycles. The van der Waals surface area contributed by atoms with E-state index in [0.29, 0.717) is 23.6 Å². The average Bonchev–Trinajstić information content (AvgIpc) is 2.93. The van der Waals surface area contributed by atoms with E-state index in [0.717, 1.165) is 17.7 Å². The third kappa shape index (κ3) is 3.64. The fourth-order valence-corrected chi connectivity index (χ4v) is 3.04. The molecule has 2 N–H and O–H groups in total. The van der Waals surface area contributed by atoms with Crippen LogP contribution < -0.4 is 14.8 Å². The lowest BCUT2D eigenvalue weighted by molar-refractivity contribution is 0.0696. The van der Waals surface area contributed by atoms with Crippen LogP contribution in [-0.4, -0.2) is 29.7 Å². The van der Waals surface area contributed by atoms with E-state index in [1.807, 2.05) is 19.9 Å². The lowest BCUT2D eigenvalue weighted by Gasteiger charge is -2.14. The number of carbonyl (C=O) groups excluding carboxylic acids is 1. The van der Waals surface area contributed by atoms with Crippen LogP contribution in [0.5, 0.6) is 11.5 Å². The first kappa shape index (κ1) is 17.8. The highest BCUT2D eigenvalue weighted by Gasteiger charge is 2.23. The Balaban J connectivity index is 1.92. The summed E-state index contributed by atoms with van der Waals surface area (Å²) in [7, 11) is 0. The van der Waals surface area contributed by atoms with Gasteiger partial charge in [0.1, 0.15) is 17.6 Å². The Morgan fingerprint density at radius 3 is 2.65 bits per heavy atom. The van der Waals surface area contributed by atoms with Crippen molar-refractivity contribution in [3.05, 3.63) is 52.6 Å². The van der Waals surface area contributed by atoms with Crippen LogP contribution in [0.3, 0.4) is 0 Å². The molecule has 26 heavy (non-hydrogen) atoms. The molecule has 6 heteroatoms. The number of hydrogen-bond donors (Lipinski definition) is 2. The predicted molar refractivity (Wildman–Crippen MR) is 97.5 cm³/mol. The number of rotatable bonds is 5. The Morgan fingerprint density at radius 1 is 1.23 bits per heavy atom. The van der Waals surface area contributed by atoms with Gasteiger partial charge in [0.15, 0.2) is 0 Å². The zero-order valence-electron chi connectivity index (χ0n) is 15.0. The number of anilines is 1. The number of aryl methyl sites for hydroxylation is 1. The summed E-state index contributed by atoms with van der Waals surface area (Å²) in [5, 5.41) is 12.0. The van der Waals surface area contributed by atoms with Gasteiger partial charge in [-0.25, -0.2) is 4.79 Å². The van der Waals surface area contributed by atoms with Crippen molar-refractivity contribution in [2.45, 2.75) is 33.3 Å². The van der Waals surface area contributed by atoms with Crippen molar-refractivity contribution in [1.29, 1.82) is 0 Å². The molecule has 3 rings (SSSR count). The molecule has 1 heterocycles. The number of nitrogens with one attached hydrogen (secondary N) is 1. The topological polar surface area (TPSA) is 84.9 Å². The Labute approximate surface area is 151 Å². The average molecular weight is 355 g/mol. The molecule has 0 fully saturated rings. The van der Waals surface area contributed by atoms with E-state index in [4.69, 9.17) is 9.47 Å². The molecule has 6 nitrogen and oxygen atoms in total. The summed E-state index contributed by atoms with van der Waals surface area (Å²) >= 11 is 0. The zero-order valence-corrected chi connectivity index (χ0v) is 15.0. The third-order valence-corrected chi connectivity index (χ3v) is 4.13. The Kier molecular flexibility index (Phi) is 4.84. The van der Waals surface area contributed by atoms with Gasteiger partial charge >= 0.3 is 5.97 Å². The van der Waals surface area contributed by atoms with E-state index < -0.39 is 11.9 Å². The van der Waals surface area contributed by atoms with E-state index >= 15 is 0 Å². The molecule has 1 aliphatic heterocycles. The molecule has 0 saturated carbocycles. The van der Waals surface area contributed by atoms with Crippen molar-refractivity contribution in [2.24, 2.45) is 0 Å². The highest BCUT2D eigenvalue weighted by Crippen LogP contribution is 2.38. The SMILES string of the molecule is CCOc1cc2c(cc1NC(=O)c1cc(C)cc(C(=O)O)c1)OC(C)C2. The molecule has 0 radical (unpaired) electrons. The maximum atomic E-state index is 12.7. The molecule has 0 spiro atoms. The van der Waals surface area contributed by atoms with Crippen LogP contribution in [0.25, 0.3) is 0 Å². The van der Waals surface area contributed by atoms with Crippen molar-refractivity contribution in [3.63, 3.8) is 0 Å². The second-order valence-electron chi connectivity index (χ2n) is 6.37. The Hall–Kier alpha value is -3.02. The number of benzene rings is 2. The van der Waals surface area contributed by atoms with Gasteiger partial charge in [-0.05, 0) is 50.6 Å². The Morgan fingerprint density at radius 2 is 1.96 bits per heavy atom. The van der Waals surface area contributed by atoms with Crippen LogP contribution in [0.2, 0.25) is 0 Å². The first-order chi connectivity index (χ1) is 12.4. The minimum absolute atomic E-state index is 0.0753. The second-order valence-corrected chi connectivity index (χ2v) is 6.37. The third-order valence-electron chi connectivity index (χ3n) is 4.13. The van der Waals surface area contributed by atoms with E-state index in [-0.39, 0.29) is 17.2 Å². The standard InChI is InChI=1S/C20H21NO5/c1-4-25-18-9-13-7-12(3)26-17(13)10-16(18)21-19(22)14-5-11(2)6-15(8-14)20(23)24/h5-6,8-10,12H,4,7H2,1-3H3,(H,21,22)(H,23,24). The number of hydrogen-bond acceptors (Lipinski definition) is 4. The quantitative estimate of drug-likeness (QED) is 0.855. The molecule has 1 atom stereocenters. The van der Waals surface area contributed by atoms with Gasteiger partial charge in [0.05, 0.1) is 17.9 Å². The molecule has 0 aliphatic carbocycles. The fraction of sp³-hybridized carbons (Fsp3) is 0.300. The smallest absolute Gasteiger partial charge is 0.335 e. The summed E-state index contributed by atoms with van der Waals surface area (Å²) in [4.78, 5) is 23.9. The summed E-state index contributed by atoms with van der Waals surface area (Å²) < 4.78 is 11.4. The molecule has 136 valence electrons. The molecule has 0 bridgehead atoms. The van der Waals surface area contributed by atoms with Crippen LogP contribution >= 0.6 is 0 Å². The van der Waals surface area contributed by atoms with Crippen LogP contribution in [0, 0.1) is 6.92 Å². The van der Waals surface area contributed by atoms with Crippen LogP contribution in [0.1, 0.15) is 45.7 Å². The lowest BCUT2D eigenvalue weighted by atomic mass is 10.1. The summed E-state index contributed by atoms with van der Waals surface area (Å²) in [5.41, 5.74) is 2.60. The van der Waals surface area contributed by atoms with Crippen LogP contribution in [0.15, 0.2) is 30.3 Å². The first-order valence-corrected chi connectivity index (χ1v) is 8.50. The second kappa shape index (κ2) is 7.07. The number of carboxylic acid groups (broad SMARTS) is 1. The molecular formula is C20H21NO5. The van der Waals surface area contributed by atoms with Gasteiger partial charge in [-0.3, -0.25) is 4.79 Å².